The molecule has 0 aliphatic rings. The summed E-state index contributed by atoms with van der Waals surface area (Å²) in [6.07, 6.45) is 4.57. The summed E-state index contributed by atoms with van der Waals surface area (Å²) in [5.74, 6) is 3.36. The summed E-state index contributed by atoms with van der Waals surface area (Å²) in [5.41, 5.74) is 0.797. The van der Waals surface area contributed by atoms with Crippen LogP contribution in [0.2, 0.25) is 0 Å². The molecule has 0 radical (unpaired) electrons. The average molecular weight is 375 g/mol. The Morgan fingerprint density at radius 2 is 1.85 bits per heavy atom. The molecular formula is C20H29N3O4. The SMILES string of the molecule is CCCCN=C(NCCc1ccco1)Nc1cc(OC)c(OC)c(OC)c1. The molecule has 2 N–H and O–H groups in total. The lowest BCUT2D eigenvalue weighted by atomic mass is 10.2. The topological polar surface area (TPSA) is 77.3 Å². The summed E-state index contributed by atoms with van der Waals surface area (Å²) in [6, 6.07) is 7.55. The second kappa shape index (κ2) is 11.0. The number of anilines is 1. The quantitative estimate of drug-likeness (QED) is 0.375. The summed E-state index contributed by atoms with van der Waals surface area (Å²) in [5, 5.41) is 6.65. The lowest BCUT2D eigenvalue weighted by Crippen LogP contribution is -2.32. The van der Waals surface area contributed by atoms with Crippen LogP contribution in [0, 0.1) is 0 Å². The molecule has 0 bridgehead atoms. The number of benzene rings is 1. The van der Waals surface area contributed by atoms with Gasteiger partial charge in [0.2, 0.25) is 5.75 Å². The number of guanidine groups is 1. The maximum Gasteiger partial charge on any atom is 0.203 e. The van der Waals surface area contributed by atoms with Crippen LogP contribution in [-0.4, -0.2) is 40.4 Å². The highest BCUT2D eigenvalue weighted by Crippen LogP contribution is 2.39. The first-order valence-electron chi connectivity index (χ1n) is 9.09. The van der Waals surface area contributed by atoms with E-state index in [2.05, 4.69) is 22.5 Å². The van der Waals surface area contributed by atoms with Gasteiger partial charge in [-0.25, -0.2) is 0 Å². The predicted molar refractivity (Wildman–Crippen MR) is 107 cm³/mol. The molecule has 0 atom stereocenters. The second-order valence-corrected chi connectivity index (χ2v) is 5.88. The number of aliphatic imine (C=N–C) groups is 1. The summed E-state index contributed by atoms with van der Waals surface area (Å²) < 4.78 is 21.6. The van der Waals surface area contributed by atoms with Crippen LogP contribution < -0.4 is 24.8 Å². The Balaban J connectivity index is 2.11. The molecule has 1 aromatic heterocycles. The molecule has 0 unspecified atom stereocenters. The van der Waals surface area contributed by atoms with Gasteiger partial charge in [0, 0.05) is 37.3 Å². The van der Waals surface area contributed by atoms with Crippen molar-refractivity contribution < 1.29 is 18.6 Å². The number of rotatable bonds is 10. The van der Waals surface area contributed by atoms with Gasteiger partial charge in [-0.15, -0.1) is 0 Å². The van der Waals surface area contributed by atoms with E-state index in [1.165, 1.54) is 0 Å². The van der Waals surface area contributed by atoms with Gasteiger partial charge in [0.15, 0.2) is 17.5 Å². The van der Waals surface area contributed by atoms with Crippen molar-refractivity contribution >= 4 is 11.6 Å². The van der Waals surface area contributed by atoms with Gasteiger partial charge in [-0.1, -0.05) is 13.3 Å². The minimum atomic E-state index is 0.556. The number of nitrogens with one attached hydrogen (secondary N) is 2. The lowest BCUT2D eigenvalue weighted by molar-refractivity contribution is 0.324. The van der Waals surface area contributed by atoms with E-state index < -0.39 is 0 Å². The van der Waals surface area contributed by atoms with E-state index in [0.29, 0.717) is 29.8 Å². The monoisotopic (exact) mass is 375 g/mol. The van der Waals surface area contributed by atoms with Gasteiger partial charge >= 0.3 is 0 Å². The van der Waals surface area contributed by atoms with Crippen LogP contribution in [0.15, 0.2) is 39.9 Å². The fraction of sp³-hybridized carbons (Fsp3) is 0.450. The van der Waals surface area contributed by atoms with Crippen LogP contribution in [0.25, 0.3) is 0 Å². The molecule has 1 heterocycles. The molecule has 7 nitrogen and oxygen atoms in total. The average Bonchev–Trinajstić information content (AvgIpc) is 3.20. The van der Waals surface area contributed by atoms with Crippen molar-refractivity contribution in [3.8, 4) is 17.2 Å². The molecular weight excluding hydrogens is 346 g/mol. The Hall–Kier alpha value is -2.83. The minimum Gasteiger partial charge on any atom is -0.493 e. The zero-order chi connectivity index (χ0) is 19.5. The fourth-order valence-corrected chi connectivity index (χ4v) is 2.54. The number of nitrogens with zero attached hydrogens (tertiary/aromatic N) is 1. The molecule has 0 saturated carbocycles. The lowest BCUT2D eigenvalue weighted by Gasteiger charge is -2.16. The molecule has 0 amide bonds. The van der Waals surface area contributed by atoms with Gasteiger partial charge in [0.1, 0.15) is 5.76 Å². The Morgan fingerprint density at radius 3 is 2.41 bits per heavy atom. The van der Waals surface area contributed by atoms with Gasteiger partial charge in [-0.05, 0) is 18.6 Å². The summed E-state index contributed by atoms with van der Waals surface area (Å²) >= 11 is 0. The summed E-state index contributed by atoms with van der Waals surface area (Å²) in [6.45, 7) is 3.60. The van der Waals surface area contributed by atoms with Crippen molar-refractivity contribution in [1.29, 1.82) is 0 Å². The van der Waals surface area contributed by atoms with Crippen molar-refractivity contribution in [3.63, 3.8) is 0 Å². The molecule has 27 heavy (non-hydrogen) atoms. The Labute approximate surface area is 160 Å². The summed E-state index contributed by atoms with van der Waals surface area (Å²) in [4.78, 5) is 4.63. The van der Waals surface area contributed by atoms with Crippen molar-refractivity contribution in [2.24, 2.45) is 4.99 Å². The number of unbranched alkanes of at least 4 members (excludes halogenated alkanes) is 1. The third kappa shape index (κ3) is 6.13. The molecule has 2 aromatic rings. The standard InChI is InChI=1S/C20H29N3O4/c1-5-6-10-21-20(22-11-9-16-8-7-12-27-16)23-15-13-17(24-2)19(26-4)18(14-15)25-3/h7-8,12-14H,5-6,9-11H2,1-4H3,(H2,21,22,23). The zero-order valence-corrected chi connectivity index (χ0v) is 16.5. The van der Waals surface area contributed by atoms with E-state index in [-0.39, 0.29) is 0 Å². The van der Waals surface area contributed by atoms with Gasteiger partial charge < -0.3 is 29.3 Å². The van der Waals surface area contributed by atoms with Crippen molar-refractivity contribution in [1.82, 2.24) is 5.32 Å². The maximum absolute atomic E-state index is 5.41. The van der Waals surface area contributed by atoms with Gasteiger partial charge in [0.25, 0.3) is 0 Å². The van der Waals surface area contributed by atoms with Crippen molar-refractivity contribution in [3.05, 3.63) is 36.3 Å². The molecule has 148 valence electrons. The first-order valence-corrected chi connectivity index (χ1v) is 9.09. The van der Waals surface area contributed by atoms with Gasteiger partial charge in [-0.3, -0.25) is 4.99 Å². The molecule has 1 aromatic carbocycles. The van der Waals surface area contributed by atoms with Crippen molar-refractivity contribution in [2.45, 2.75) is 26.2 Å². The molecule has 0 spiro atoms. The van der Waals surface area contributed by atoms with Crippen LogP contribution in [-0.2, 0) is 6.42 Å². The highest BCUT2D eigenvalue weighted by atomic mass is 16.5. The van der Waals surface area contributed by atoms with E-state index in [4.69, 9.17) is 18.6 Å². The number of hydrogen-bond acceptors (Lipinski definition) is 5. The Morgan fingerprint density at radius 1 is 1.11 bits per heavy atom. The third-order valence-corrected chi connectivity index (χ3v) is 3.95. The van der Waals surface area contributed by atoms with E-state index in [1.54, 1.807) is 27.6 Å². The first kappa shape index (κ1) is 20.5. The van der Waals surface area contributed by atoms with E-state index in [9.17, 15) is 0 Å². The second-order valence-electron chi connectivity index (χ2n) is 5.88. The van der Waals surface area contributed by atoms with Crippen LogP contribution in [0.3, 0.4) is 0 Å². The van der Waals surface area contributed by atoms with Gasteiger partial charge in [-0.2, -0.15) is 0 Å². The van der Waals surface area contributed by atoms with Crippen LogP contribution in [0.5, 0.6) is 17.2 Å². The highest BCUT2D eigenvalue weighted by Gasteiger charge is 2.14. The molecule has 0 aliphatic carbocycles. The van der Waals surface area contributed by atoms with E-state index in [0.717, 1.165) is 37.3 Å². The van der Waals surface area contributed by atoms with Crippen LogP contribution in [0.4, 0.5) is 5.69 Å². The number of furan rings is 1. The van der Waals surface area contributed by atoms with E-state index >= 15 is 0 Å². The number of methoxy groups -OCH3 is 3. The smallest absolute Gasteiger partial charge is 0.203 e. The largest absolute Gasteiger partial charge is 0.493 e. The highest BCUT2D eigenvalue weighted by molar-refractivity contribution is 5.94. The zero-order valence-electron chi connectivity index (χ0n) is 16.5. The molecule has 7 heteroatoms. The maximum atomic E-state index is 5.41. The first-order chi connectivity index (χ1) is 13.2. The van der Waals surface area contributed by atoms with Crippen LogP contribution in [0.1, 0.15) is 25.5 Å². The minimum absolute atomic E-state index is 0.556. The molecule has 0 fully saturated rings. The van der Waals surface area contributed by atoms with Crippen LogP contribution >= 0.6 is 0 Å². The summed E-state index contributed by atoms with van der Waals surface area (Å²) in [7, 11) is 4.78. The molecule has 0 saturated heterocycles. The number of ether oxygens (including phenoxy) is 3. The normalized spacial score (nSPS) is 11.2. The Kier molecular flexibility index (Phi) is 8.35. The predicted octanol–water partition coefficient (Wildman–Crippen LogP) is 3.71. The number of hydrogen-bond donors (Lipinski definition) is 2. The third-order valence-electron chi connectivity index (χ3n) is 3.95. The van der Waals surface area contributed by atoms with Crippen molar-refractivity contribution in [2.75, 3.05) is 39.7 Å². The Bertz CT molecular complexity index is 689. The molecule has 0 aliphatic heterocycles. The van der Waals surface area contributed by atoms with Gasteiger partial charge in [0.05, 0.1) is 27.6 Å². The van der Waals surface area contributed by atoms with E-state index in [1.807, 2.05) is 24.3 Å². The fourth-order valence-electron chi connectivity index (χ4n) is 2.54. The molecule has 2 rings (SSSR count).